The lowest BCUT2D eigenvalue weighted by Crippen LogP contribution is -2.36. The molecule has 2 rings (SSSR count). The summed E-state index contributed by atoms with van der Waals surface area (Å²) in [6.45, 7) is 7.42. The van der Waals surface area contributed by atoms with E-state index in [-0.39, 0.29) is 5.41 Å². The SMILES string of the molecule is CC(C)(C)c1ccc(CN(CCc2ccc(NS(C)(=O)=O)cc2)C(N)=O)cc1. The number of sulfonamides is 1. The molecule has 0 bridgehead atoms. The average molecular weight is 404 g/mol. The van der Waals surface area contributed by atoms with Crippen LogP contribution in [0, 0.1) is 0 Å². The van der Waals surface area contributed by atoms with Crippen LogP contribution in [0.2, 0.25) is 0 Å². The van der Waals surface area contributed by atoms with Crippen molar-refractivity contribution >= 4 is 21.7 Å². The summed E-state index contributed by atoms with van der Waals surface area (Å²) < 4.78 is 24.9. The summed E-state index contributed by atoms with van der Waals surface area (Å²) in [5, 5.41) is 0. The highest BCUT2D eigenvalue weighted by Gasteiger charge is 2.14. The maximum absolute atomic E-state index is 11.8. The van der Waals surface area contributed by atoms with Crippen molar-refractivity contribution in [3.8, 4) is 0 Å². The smallest absolute Gasteiger partial charge is 0.315 e. The summed E-state index contributed by atoms with van der Waals surface area (Å²) in [5.41, 5.74) is 9.41. The van der Waals surface area contributed by atoms with E-state index in [1.807, 2.05) is 24.3 Å². The van der Waals surface area contributed by atoms with Crippen LogP contribution in [-0.2, 0) is 28.4 Å². The lowest BCUT2D eigenvalue weighted by Gasteiger charge is -2.22. The van der Waals surface area contributed by atoms with E-state index in [0.717, 1.165) is 17.4 Å². The summed E-state index contributed by atoms with van der Waals surface area (Å²) in [6, 6.07) is 14.9. The molecule has 0 unspecified atom stereocenters. The van der Waals surface area contributed by atoms with Crippen molar-refractivity contribution in [2.45, 2.75) is 39.2 Å². The molecule has 0 aromatic heterocycles. The normalized spacial score (nSPS) is 11.9. The zero-order valence-corrected chi connectivity index (χ0v) is 17.7. The Morgan fingerprint density at radius 1 is 1.00 bits per heavy atom. The van der Waals surface area contributed by atoms with Gasteiger partial charge in [0.05, 0.1) is 6.26 Å². The second kappa shape index (κ2) is 8.65. The second-order valence-corrected chi connectivity index (χ2v) is 9.78. The topological polar surface area (TPSA) is 92.5 Å². The second-order valence-electron chi connectivity index (χ2n) is 8.03. The van der Waals surface area contributed by atoms with E-state index >= 15 is 0 Å². The molecule has 7 heteroatoms. The van der Waals surface area contributed by atoms with Gasteiger partial charge in [-0.15, -0.1) is 0 Å². The molecule has 0 spiro atoms. The van der Waals surface area contributed by atoms with Crippen LogP contribution >= 0.6 is 0 Å². The molecule has 0 atom stereocenters. The molecule has 0 radical (unpaired) electrons. The monoisotopic (exact) mass is 403 g/mol. The van der Waals surface area contributed by atoms with Crippen molar-refractivity contribution in [1.82, 2.24) is 4.90 Å². The summed E-state index contributed by atoms with van der Waals surface area (Å²) in [6.07, 6.45) is 1.74. The molecule has 6 nitrogen and oxygen atoms in total. The third-order valence-corrected chi connectivity index (χ3v) is 5.04. The van der Waals surface area contributed by atoms with Gasteiger partial charge in [0.2, 0.25) is 10.0 Å². The van der Waals surface area contributed by atoms with Gasteiger partial charge in [0.25, 0.3) is 0 Å². The quantitative estimate of drug-likeness (QED) is 0.741. The van der Waals surface area contributed by atoms with E-state index in [9.17, 15) is 13.2 Å². The number of urea groups is 1. The van der Waals surface area contributed by atoms with Gasteiger partial charge in [-0.2, -0.15) is 0 Å². The Bertz CT molecular complexity index is 899. The van der Waals surface area contributed by atoms with E-state index in [0.29, 0.717) is 25.2 Å². The number of hydrogen-bond donors (Lipinski definition) is 2. The first kappa shape index (κ1) is 21.8. The van der Waals surface area contributed by atoms with Crippen LogP contribution in [0.1, 0.15) is 37.5 Å². The van der Waals surface area contributed by atoms with Crippen LogP contribution in [-0.4, -0.2) is 32.1 Å². The van der Waals surface area contributed by atoms with Crippen LogP contribution in [0.4, 0.5) is 10.5 Å². The summed E-state index contributed by atoms with van der Waals surface area (Å²) >= 11 is 0. The Balaban J connectivity index is 1.99. The molecule has 0 aliphatic heterocycles. The predicted octanol–water partition coefficient (Wildman–Crippen LogP) is 3.48. The number of carbonyl (C=O) groups excluding carboxylic acids is 1. The Hall–Kier alpha value is -2.54. The summed E-state index contributed by atoms with van der Waals surface area (Å²) in [7, 11) is -3.29. The largest absolute Gasteiger partial charge is 0.351 e. The van der Waals surface area contributed by atoms with Crippen LogP contribution in [0.25, 0.3) is 0 Å². The first-order valence-corrected chi connectivity index (χ1v) is 11.0. The van der Waals surface area contributed by atoms with E-state index in [2.05, 4.69) is 37.6 Å². The highest BCUT2D eigenvalue weighted by Crippen LogP contribution is 2.22. The van der Waals surface area contributed by atoms with Crippen LogP contribution in [0.5, 0.6) is 0 Å². The fourth-order valence-corrected chi connectivity index (χ4v) is 3.38. The van der Waals surface area contributed by atoms with E-state index < -0.39 is 16.1 Å². The standard InChI is InChI=1S/C21H29N3O3S/c1-21(2,3)18-9-5-17(6-10-18)15-24(20(22)25)14-13-16-7-11-19(12-8-16)23-28(4,26)27/h5-12,23H,13-15H2,1-4H3,(H2,22,25). The van der Waals surface area contributed by atoms with Gasteiger partial charge in [0.15, 0.2) is 0 Å². The predicted molar refractivity (Wildman–Crippen MR) is 114 cm³/mol. The van der Waals surface area contributed by atoms with Crippen LogP contribution < -0.4 is 10.5 Å². The number of anilines is 1. The number of amides is 2. The summed E-state index contributed by atoms with van der Waals surface area (Å²) in [5.74, 6) is 0. The third-order valence-electron chi connectivity index (χ3n) is 4.43. The lowest BCUT2D eigenvalue weighted by atomic mass is 9.87. The molecule has 0 saturated heterocycles. The van der Waals surface area contributed by atoms with E-state index in [1.54, 1.807) is 17.0 Å². The number of carbonyl (C=O) groups is 1. The minimum atomic E-state index is -3.29. The lowest BCUT2D eigenvalue weighted by molar-refractivity contribution is 0.205. The van der Waals surface area contributed by atoms with Crippen molar-refractivity contribution in [3.05, 3.63) is 65.2 Å². The fourth-order valence-electron chi connectivity index (χ4n) is 2.82. The van der Waals surface area contributed by atoms with Crippen LogP contribution in [0.15, 0.2) is 48.5 Å². The zero-order chi connectivity index (χ0) is 20.9. The number of nitrogens with zero attached hydrogens (tertiary/aromatic N) is 1. The van der Waals surface area contributed by atoms with Crippen molar-refractivity contribution < 1.29 is 13.2 Å². The van der Waals surface area contributed by atoms with E-state index in [4.69, 9.17) is 5.73 Å². The maximum atomic E-state index is 11.8. The number of rotatable bonds is 7. The highest BCUT2D eigenvalue weighted by atomic mass is 32.2. The molecule has 3 N–H and O–H groups in total. The molecule has 0 aliphatic rings. The molecular weight excluding hydrogens is 374 g/mol. The Morgan fingerprint density at radius 2 is 1.54 bits per heavy atom. The van der Waals surface area contributed by atoms with Gasteiger partial charge in [-0.05, 0) is 40.7 Å². The minimum absolute atomic E-state index is 0.0834. The zero-order valence-electron chi connectivity index (χ0n) is 16.9. The van der Waals surface area contributed by atoms with Gasteiger partial charge in [0.1, 0.15) is 0 Å². The number of hydrogen-bond acceptors (Lipinski definition) is 3. The van der Waals surface area contributed by atoms with Crippen molar-refractivity contribution in [2.75, 3.05) is 17.5 Å². The molecule has 0 fully saturated rings. The molecule has 28 heavy (non-hydrogen) atoms. The number of benzene rings is 2. The molecule has 0 heterocycles. The van der Waals surface area contributed by atoms with Gasteiger partial charge in [-0.3, -0.25) is 4.72 Å². The number of primary amides is 1. The molecular formula is C21H29N3O3S. The molecule has 2 aromatic rings. The van der Waals surface area contributed by atoms with Gasteiger partial charge >= 0.3 is 6.03 Å². The molecule has 2 amide bonds. The van der Waals surface area contributed by atoms with Crippen LogP contribution in [0.3, 0.4) is 0 Å². The fraction of sp³-hybridized carbons (Fsp3) is 0.381. The Kier molecular flexibility index (Phi) is 6.72. The third kappa shape index (κ3) is 6.88. The summed E-state index contributed by atoms with van der Waals surface area (Å²) in [4.78, 5) is 13.4. The van der Waals surface area contributed by atoms with Gasteiger partial charge in [-0.1, -0.05) is 57.2 Å². The first-order chi connectivity index (χ1) is 12.9. The van der Waals surface area contributed by atoms with Crippen molar-refractivity contribution in [1.29, 1.82) is 0 Å². The molecule has 0 saturated carbocycles. The van der Waals surface area contributed by atoms with Gasteiger partial charge < -0.3 is 10.6 Å². The Labute approximate surface area is 167 Å². The Morgan fingerprint density at radius 3 is 2.00 bits per heavy atom. The molecule has 2 aromatic carbocycles. The highest BCUT2D eigenvalue weighted by molar-refractivity contribution is 7.92. The van der Waals surface area contributed by atoms with Gasteiger partial charge in [-0.25, -0.2) is 13.2 Å². The van der Waals surface area contributed by atoms with Crippen molar-refractivity contribution in [2.24, 2.45) is 5.73 Å². The number of nitrogens with two attached hydrogens (primary N) is 1. The van der Waals surface area contributed by atoms with E-state index in [1.165, 1.54) is 5.56 Å². The molecule has 152 valence electrons. The number of nitrogens with one attached hydrogen (secondary N) is 1. The van der Waals surface area contributed by atoms with Gasteiger partial charge in [0, 0.05) is 18.8 Å². The van der Waals surface area contributed by atoms with Crippen molar-refractivity contribution in [3.63, 3.8) is 0 Å². The maximum Gasteiger partial charge on any atom is 0.315 e. The molecule has 0 aliphatic carbocycles. The average Bonchev–Trinajstić information content (AvgIpc) is 2.58. The minimum Gasteiger partial charge on any atom is -0.351 e. The first-order valence-electron chi connectivity index (χ1n) is 9.14.